The molecule has 0 spiro atoms. The summed E-state index contributed by atoms with van der Waals surface area (Å²) >= 11 is 0. The monoisotopic (exact) mass is 569 g/mol. The molecule has 1 aromatic carbocycles. The van der Waals surface area contributed by atoms with Gasteiger partial charge in [-0.1, -0.05) is 6.08 Å². The molecule has 4 aliphatic rings. The predicted octanol–water partition coefficient (Wildman–Crippen LogP) is 4.05. The van der Waals surface area contributed by atoms with Crippen LogP contribution in [0.5, 0.6) is 0 Å². The number of hydrogen-bond acceptors (Lipinski definition) is 7. The van der Waals surface area contributed by atoms with Gasteiger partial charge in [-0.2, -0.15) is 18.2 Å². The van der Waals surface area contributed by atoms with Crippen LogP contribution in [-0.2, 0) is 0 Å². The number of rotatable bonds is 8. The van der Waals surface area contributed by atoms with Gasteiger partial charge >= 0.3 is 6.18 Å². The summed E-state index contributed by atoms with van der Waals surface area (Å²) in [4.78, 5) is 21.6. The van der Waals surface area contributed by atoms with Crippen LogP contribution in [0.1, 0.15) is 48.0 Å². The maximum absolute atomic E-state index is 12.8. The molecule has 0 aliphatic carbocycles. The quantitative estimate of drug-likeness (QED) is 0.377. The number of halogens is 3. The van der Waals surface area contributed by atoms with Crippen molar-refractivity contribution in [3.63, 3.8) is 0 Å². The largest absolute Gasteiger partial charge is 0.389 e. The topological polar surface area (TPSA) is 98.0 Å². The summed E-state index contributed by atoms with van der Waals surface area (Å²) in [6.07, 6.45) is -0.174. The molecule has 12 heteroatoms. The normalized spacial score (nSPS) is 23.8. The number of aliphatic hydroxyl groups is 1. The van der Waals surface area contributed by atoms with Crippen molar-refractivity contribution in [3.8, 4) is 0 Å². The van der Waals surface area contributed by atoms with E-state index < -0.39 is 18.8 Å². The molecule has 0 saturated carbocycles. The Labute approximate surface area is 236 Å². The summed E-state index contributed by atoms with van der Waals surface area (Å²) in [5.74, 6) is 0.912. The van der Waals surface area contributed by atoms with Gasteiger partial charge in [-0.05, 0) is 86.7 Å². The van der Waals surface area contributed by atoms with Crippen molar-refractivity contribution in [3.05, 3.63) is 59.8 Å². The van der Waals surface area contributed by atoms with Gasteiger partial charge in [0, 0.05) is 55.1 Å². The third-order valence-corrected chi connectivity index (χ3v) is 8.43. The Morgan fingerprint density at radius 1 is 1.12 bits per heavy atom. The lowest BCUT2D eigenvalue weighted by atomic mass is 9.84. The van der Waals surface area contributed by atoms with Crippen LogP contribution in [0, 0.1) is 5.92 Å². The summed E-state index contributed by atoms with van der Waals surface area (Å²) < 4.78 is 39.3. The molecule has 4 aliphatic heterocycles. The Hall–Kier alpha value is -3.48. The molecule has 7 rings (SSSR count). The molecular formula is C29H34F3N7O2. The number of pyridine rings is 1. The first-order valence-electron chi connectivity index (χ1n) is 14.2. The van der Waals surface area contributed by atoms with Gasteiger partial charge in [-0.15, -0.1) is 5.10 Å². The molecule has 1 amide bonds. The Morgan fingerprint density at radius 2 is 1.90 bits per heavy atom. The van der Waals surface area contributed by atoms with Crippen LogP contribution in [0.2, 0.25) is 0 Å². The second-order valence-corrected chi connectivity index (χ2v) is 11.2. The zero-order chi connectivity index (χ0) is 28.6. The van der Waals surface area contributed by atoms with E-state index in [0.717, 1.165) is 49.3 Å². The van der Waals surface area contributed by atoms with Gasteiger partial charge in [0.2, 0.25) is 5.95 Å². The van der Waals surface area contributed by atoms with Gasteiger partial charge in [-0.3, -0.25) is 9.69 Å². The number of nitrogens with zero attached hydrogens (tertiary/aromatic N) is 5. The minimum atomic E-state index is -4.28. The highest BCUT2D eigenvalue weighted by Gasteiger charge is 2.35. The molecule has 3 fully saturated rings. The third kappa shape index (κ3) is 6.39. The molecule has 6 heterocycles. The summed E-state index contributed by atoms with van der Waals surface area (Å²) in [6, 6.07) is 11.3. The van der Waals surface area contributed by atoms with Crippen molar-refractivity contribution in [1.82, 2.24) is 29.7 Å². The van der Waals surface area contributed by atoms with E-state index in [0.29, 0.717) is 42.6 Å². The fourth-order valence-corrected chi connectivity index (χ4v) is 6.10. The van der Waals surface area contributed by atoms with Crippen molar-refractivity contribution in [1.29, 1.82) is 0 Å². The number of aromatic nitrogens is 3. The highest BCUT2D eigenvalue weighted by atomic mass is 19.4. The van der Waals surface area contributed by atoms with E-state index >= 15 is 0 Å². The van der Waals surface area contributed by atoms with Gasteiger partial charge in [0.1, 0.15) is 6.23 Å². The van der Waals surface area contributed by atoms with Gasteiger partial charge in [-0.25, -0.2) is 4.52 Å². The highest BCUT2D eigenvalue weighted by Crippen LogP contribution is 2.30. The van der Waals surface area contributed by atoms with Crippen LogP contribution in [0.15, 0.2) is 48.7 Å². The van der Waals surface area contributed by atoms with E-state index in [2.05, 4.69) is 25.6 Å². The minimum Gasteiger partial charge on any atom is -0.378 e. The highest BCUT2D eigenvalue weighted by molar-refractivity contribution is 5.94. The van der Waals surface area contributed by atoms with E-state index in [1.165, 1.54) is 0 Å². The Bertz CT molecular complexity index is 1410. The first-order chi connectivity index (χ1) is 19.7. The number of piperidine rings is 3. The number of anilines is 2. The first kappa shape index (κ1) is 27.7. The number of carbonyl (C=O) groups excluding carboxylic acids is 1. The molecule has 3 aromatic rings. The molecule has 2 atom stereocenters. The molecule has 3 saturated heterocycles. The zero-order valence-corrected chi connectivity index (χ0v) is 22.6. The number of alkyl halides is 3. The second kappa shape index (κ2) is 11.4. The molecule has 218 valence electrons. The lowest BCUT2D eigenvalue weighted by molar-refractivity contribution is -0.146. The number of fused-ring (bicyclic) bond motifs is 4. The van der Waals surface area contributed by atoms with Gasteiger partial charge in [0.25, 0.3) is 5.91 Å². The average Bonchev–Trinajstić information content (AvgIpc) is 3.39. The van der Waals surface area contributed by atoms with Gasteiger partial charge < -0.3 is 20.6 Å². The fraction of sp³-hybridized carbons (Fsp3) is 0.483. The second-order valence-electron chi connectivity index (χ2n) is 11.2. The summed E-state index contributed by atoms with van der Waals surface area (Å²) in [5.41, 5.74) is 3.91. The van der Waals surface area contributed by atoms with Crippen molar-refractivity contribution in [2.75, 3.05) is 38.0 Å². The fourth-order valence-electron chi connectivity index (χ4n) is 6.10. The molecule has 2 bridgehead atoms. The van der Waals surface area contributed by atoms with Crippen LogP contribution in [0.25, 0.3) is 11.2 Å². The van der Waals surface area contributed by atoms with Crippen LogP contribution >= 0.6 is 0 Å². The van der Waals surface area contributed by atoms with Crippen molar-refractivity contribution in [2.24, 2.45) is 5.92 Å². The third-order valence-electron chi connectivity index (χ3n) is 8.43. The first-order valence-corrected chi connectivity index (χ1v) is 14.2. The van der Waals surface area contributed by atoms with E-state index in [4.69, 9.17) is 0 Å². The van der Waals surface area contributed by atoms with Gasteiger partial charge in [0.15, 0.2) is 5.65 Å². The predicted molar refractivity (Wildman–Crippen MR) is 149 cm³/mol. The number of aliphatic hydroxyl groups excluding tert-OH is 1. The lowest BCUT2D eigenvalue weighted by Crippen LogP contribution is -2.57. The van der Waals surface area contributed by atoms with E-state index in [9.17, 15) is 23.1 Å². The number of carbonyl (C=O) groups is 1. The van der Waals surface area contributed by atoms with Crippen LogP contribution in [0.3, 0.4) is 0 Å². The summed E-state index contributed by atoms with van der Waals surface area (Å²) in [6.45, 7) is 3.99. The van der Waals surface area contributed by atoms with Crippen molar-refractivity contribution < 1.29 is 23.1 Å². The number of amides is 1. The SMILES string of the molecule is O=C(N[C@H]1CN2CCC1CC2)c1ccc(Nc2nc3c(C4=CCN(C(O)CCC(F)(F)F)CC4)cccn3n2)cc1. The molecule has 2 aromatic heterocycles. The Kier molecular flexibility index (Phi) is 7.71. The molecular weight excluding hydrogens is 535 g/mol. The smallest absolute Gasteiger partial charge is 0.378 e. The molecule has 0 radical (unpaired) electrons. The molecule has 41 heavy (non-hydrogen) atoms. The Morgan fingerprint density at radius 3 is 2.56 bits per heavy atom. The standard InChI is InChI=1S/C29H34F3N7O2/c30-29(31,32)12-7-25(40)38-16-10-19(11-17-38)23-2-1-13-39-26(23)35-28(36-39)33-22-5-3-21(4-6-22)27(41)34-24-18-37-14-8-20(24)9-15-37/h1-6,10,13,20,24-25,40H,7-9,11-12,14-18H2,(H,33,36)(H,34,41)/t24-,25?/m0/s1. The van der Waals surface area contributed by atoms with Crippen molar-refractivity contribution in [2.45, 2.75) is 50.6 Å². The van der Waals surface area contributed by atoms with E-state index in [1.807, 2.05) is 30.3 Å². The molecule has 1 unspecified atom stereocenters. The zero-order valence-electron chi connectivity index (χ0n) is 22.6. The van der Waals surface area contributed by atoms with E-state index in [1.54, 1.807) is 27.7 Å². The number of hydrogen-bond donors (Lipinski definition) is 3. The molecule has 3 N–H and O–H groups in total. The lowest BCUT2D eigenvalue weighted by Gasteiger charge is -2.44. The maximum atomic E-state index is 12.8. The van der Waals surface area contributed by atoms with Gasteiger partial charge in [0.05, 0.1) is 0 Å². The minimum absolute atomic E-state index is 0.0574. The average molecular weight is 570 g/mol. The van der Waals surface area contributed by atoms with E-state index in [-0.39, 0.29) is 18.4 Å². The molecule has 9 nitrogen and oxygen atoms in total. The Balaban J connectivity index is 1.09. The number of nitrogens with one attached hydrogen (secondary N) is 2. The van der Waals surface area contributed by atoms with Crippen molar-refractivity contribution >= 4 is 28.8 Å². The summed E-state index contributed by atoms with van der Waals surface area (Å²) in [5, 5.41) is 21.2. The van der Waals surface area contributed by atoms with Crippen LogP contribution in [0.4, 0.5) is 24.8 Å². The number of benzene rings is 1. The van der Waals surface area contributed by atoms with Crippen LogP contribution in [-0.4, -0.2) is 86.6 Å². The maximum Gasteiger partial charge on any atom is 0.389 e. The van der Waals surface area contributed by atoms with Crippen LogP contribution < -0.4 is 10.6 Å². The summed E-state index contributed by atoms with van der Waals surface area (Å²) in [7, 11) is 0.